The summed E-state index contributed by atoms with van der Waals surface area (Å²) in [5.74, 6) is -0.755. The third kappa shape index (κ3) is 2.42. The van der Waals surface area contributed by atoms with Gasteiger partial charge < -0.3 is 10.2 Å². The SMILES string of the molecule is CNC1CCN(C(=O)c2cccc(F)c2Cl)C1. The Bertz CT molecular complexity index is 439. The first-order valence-corrected chi connectivity index (χ1v) is 5.92. The van der Waals surface area contributed by atoms with E-state index >= 15 is 0 Å². The Labute approximate surface area is 105 Å². The molecule has 2 rings (SSSR count). The van der Waals surface area contributed by atoms with E-state index in [-0.39, 0.29) is 16.5 Å². The van der Waals surface area contributed by atoms with E-state index in [1.54, 1.807) is 11.0 Å². The number of carbonyl (C=O) groups excluding carboxylic acids is 1. The molecule has 1 aliphatic rings. The fourth-order valence-corrected chi connectivity index (χ4v) is 2.23. The van der Waals surface area contributed by atoms with Gasteiger partial charge in [-0.25, -0.2) is 4.39 Å². The largest absolute Gasteiger partial charge is 0.337 e. The quantitative estimate of drug-likeness (QED) is 0.877. The Balaban J connectivity index is 2.18. The summed E-state index contributed by atoms with van der Waals surface area (Å²) in [6, 6.07) is 4.62. The second-order valence-electron chi connectivity index (χ2n) is 4.13. The molecule has 1 unspecified atom stereocenters. The molecule has 1 amide bonds. The maximum Gasteiger partial charge on any atom is 0.255 e. The molecule has 1 heterocycles. The molecule has 1 fully saturated rings. The van der Waals surface area contributed by atoms with Gasteiger partial charge in [-0.1, -0.05) is 17.7 Å². The van der Waals surface area contributed by atoms with Crippen LogP contribution in [-0.2, 0) is 0 Å². The van der Waals surface area contributed by atoms with E-state index in [4.69, 9.17) is 11.6 Å². The lowest BCUT2D eigenvalue weighted by Crippen LogP contribution is -2.33. The van der Waals surface area contributed by atoms with Crippen LogP contribution in [0.1, 0.15) is 16.8 Å². The number of halogens is 2. The average molecular weight is 257 g/mol. The molecule has 1 aliphatic heterocycles. The minimum atomic E-state index is -0.554. The minimum absolute atomic E-state index is 0.0922. The summed E-state index contributed by atoms with van der Waals surface area (Å²) in [5, 5.41) is 3.03. The topological polar surface area (TPSA) is 32.3 Å². The summed E-state index contributed by atoms with van der Waals surface area (Å²) in [5.41, 5.74) is 0.239. The van der Waals surface area contributed by atoms with Crippen LogP contribution in [0.15, 0.2) is 18.2 Å². The average Bonchev–Trinajstić information content (AvgIpc) is 2.80. The second kappa shape index (κ2) is 5.02. The number of hydrogen-bond donors (Lipinski definition) is 1. The van der Waals surface area contributed by atoms with Crippen LogP contribution in [0.25, 0.3) is 0 Å². The van der Waals surface area contributed by atoms with Crippen molar-refractivity contribution in [1.29, 1.82) is 0 Å². The van der Waals surface area contributed by atoms with Gasteiger partial charge in [0.05, 0.1) is 10.6 Å². The van der Waals surface area contributed by atoms with Crippen molar-refractivity contribution in [3.05, 3.63) is 34.6 Å². The van der Waals surface area contributed by atoms with Gasteiger partial charge in [-0.05, 0) is 25.6 Å². The molecule has 0 radical (unpaired) electrons. The number of benzene rings is 1. The number of rotatable bonds is 2. The van der Waals surface area contributed by atoms with E-state index in [2.05, 4.69) is 5.32 Å². The molecular formula is C12H14ClFN2O. The zero-order chi connectivity index (χ0) is 12.4. The highest BCUT2D eigenvalue weighted by molar-refractivity contribution is 6.34. The molecule has 0 aliphatic carbocycles. The number of nitrogens with one attached hydrogen (secondary N) is 1. The number of nitrogens with zero attached hydrogens (tertiary/aromatic N) is 1. The number of hydrogen-bond acceptors (Lipinski definition) is 2. The molecule has 0 saturated carbocycles. The molecule has 3 nitrogen and oxygen atoms in total. The molecule has 1 N–H and O–H groups in total. The molecule has 1 aromatic rings. The highest BCUT2D eigenvalue weighted by Crippen LogP contribution is 2.22. The number of likely N-dealkylation sites (N-methyl/N-ethyl adjacent to an activating group) is 1. The van der Waals surface area contributed by atoms with Crippen molar-refractivity contribution in [3.63, 3.8) is 0 Å². The van der Waals surface area contributed by atoms with Crippen LogP contribution in [0, 0.1) is 5.82 Å². The van der Waals surface area contributed by atoms with Gasteiger partial charge in [0.1, 0.15) is 5.82 Å². The minimum Gasteiger partial charge on any atom is -0.337 e. The zero-order valence-corrected chi connectivity index (χ0v) is 10.3. The fraction of sp³-hybridized carbons (Fsp3) is 0.417. The van der Waals surface area contributed by atoms with Crippen LogP contribution in [0.3, 0.4) is 0 Å². The summed E-state index contributed by atoms with van der Waals surface area (Å²) in [4.78, 5) is 13.8. The lowest BCUT2D eigenvalue weighted by molar-refractivity contribution is 0.0789. The molecule has 1 saturated heterocycles. The Hall–Kier alpha value is -1.13. The smallest absolute Gasteiger partial charge is 0.255 e. The number of carbonyl (C=O) groups is 1. The fourth-order valence-electron chi connectivity index (χ4n) is 2.02. The molecule has 0 spiro atoms. The van der Waals surface area contributed by atoms with Crippen molar-refractivity contribution < 1.29 is 9.18 Å². The summed E-state index contributed by atoms with van der Waals surface area (Å²) in [7, 11) is 1.87. The maximum atomic E-state index is 13.3. The molecule has 0 aromatic heterocycles. The van der Waals surface area contributed by atoms with Gasteiger partial charge in [0.25, 0.3) is 5.91 Å². The van der Waals surface area contributed by atoms with Gasteiger partial charge in [0.2, 0.25) is 0 Å². The van der Waals surface area contributed by atoms with Crippen LogP contribution < -0.4 is 5.32 Å². The highest BCUT2D eigenvalue weighted by Gasteiger charge is 2.27. The predicted molar refractivity (Wildman–Crippen MR) is 64.8 cm³/mol. The zero-order valence-electron chi connectivity index (χ0n) is 9.54. The number of amides is 1. The first kappa shape index (κ1) is 12.3. The van der Waals surface area contributed by atoms with Crippen molar-refractivity contribution in [1.82, 2.24) is 10.2 Å². The van der Waals surface area contributed by atoms with Gasteiger partial charge >= 0.3 is 0 Å². The van der Waals surface area contributed by atoms with E-state index in [1.807, 2.05) is 7.05 Å². The van der Waals surface area contributed by atoms with Gasteiger partial charge in [-0.15, -0.1) is 0 Å². The van der Waals surface area contributed by atoms with Crippen molar-refractivity contribution in [2.75, 3.05) is 20.1 Å². The summed E-state index contributed by atoms with van der Waals surface area (Å²) < 4.78 is 13.3. The predicted octanol–water partition coefficient (Wildman–Crippen LogP) is 1.91. The summed E-state index contributed by atoms with van der Waals surface area (Å²) in [6.07, 6.45) is 0.912. The van der Waals surface area contributed by atoms with E-state index in [0.29, 0.717) is 19.1 Å². The van der Waals surface area contributed by atoms with E-state index in [1.165, 1.54) is 12.1 Å². The number of likely N-dealkylation sites (tertiary alicyclic amines) is 1. The Kier molecular flexibility index (Phi) is 3.64. The Morgan fingerprint density at radius 1 is 1.59 bits per heavy atom. The van der Waals surface area contributed by atoms with Crippen LogP contribution in [0.2, 0.25) is 5.02 Å². The molecule has 17 heavy (non-hydrogen) atoms. The van der Waals surface area contributed by atoms with E-state index in [9.17, 15) is 9.18 Å². The van der Waals surface area contributed by atoms with Crippen LogP contribution >= 0.6 is 11.6 Å². The molecule has 0 bridgehead atoms. The van der Waals surface area contributed by atoms with Crippen molar-refractivity contribution in [3.8, 4) is 0 Å². The molecule has 1 atom stereocenters. The standard InChI is InChI=1S/C12H14ClFN2O/c1-15-8-5-6-16(7-8)12(17)9-3-2-4-10(14)11(9)13/h2-4,8,15H,5-7H2,1H3. The van der Waals surface area contributed by atoms with Crippen molar-refractivity contribution in [2.45, 2.75) is 12.5 Å². The lowest BCUT2D eigenvalue weighted by Gasteiger charge is -2.17. The lowest BCUT2D eigenvalue weighted by atomic mass is 10.2. The van der Waals surface area contributed by atoms with Crippen molar-refractivity contribution in [2.24, 2.45) is 0 Å². The Morgan fingerprint density at radius 3 is 3.00 bits per heavy atom. The Morgan fingerprint density at radius 2 is 2.35 bits per heavy atom. The maximum absolute atomic E-state index is 13.3. The van der Waals surface area contributed by atoms with Gasteiger partial charge in [-0.2, -0.15) is 0 Å². The van der Waals surface area contributed by atoms with Crippen molar-refractivity contribution >= 4 is 17.5 Å². The van der Waals surface area contributed by atoms with Gasteiger partial charge in [0.15, 0.2) is 0 Å². The van der Waals surface area contributed by atoms with Crippen LogP contribution in [-0.4, -0.2) is 37.0 Å². The van der Waals surface area contributed by atoms with Crippen LogP contribution in [0.5, 0.6) is 0 Å². The first-order valence-electron chi connectivity index (χ1n) is 5.54. The van der Waals surface area contributed by atoms with Gasteiger partial charge in [-0.3, -0.25) is 4.79 Å². The second-order valence-corrected chi connectivity index (χ2v) is 4.50. The molecule has 92 valence electrons. The van der Waals surface area contributed by atoms with E-state index < -0.39 is 5.82 Å². The first-order chi connectivity index (χ1) is 8.13. The van der Waals surface area contributed by atoms with Gasteiger partial charge in [0, 0.05) is 19.1 Å². The third-order valence-corrected chi connectivity index (χ3v) is 3.45. The van der Waals surface area contributed by atoms with E-state index in [0.717, 1.165) is 6.42 Å². The summed E-state index contributed by atoms with van der Waals surface area (Å²) >= 11 is 5.80. The normalized spacial score (nSPS) is 19.7. The molecule has 5 heteroatoms. The summed E-state index contributed by atoms with van der Waals surface area (Å²) in [6.45, 7) is 1.32. The monoisotopic (exact) mass is 256 g/mol. The molecule has 1 aromatic carbocycles. The highest BCUT2D eigenvalue weighted by atomic mass is 35.5. The third-order valence-electron chi connectivity index (χ3n) is 3.07. The molecular weight excluding hydrogens is 243 g/mol. The van der Waals surface area contributed by atoms with Crippen LogP contribution in [0.4, 0.5) is 4.39 Å².